The maximum atomic E-state index is 12.3. The molecule has 4 aromatic carbocycles. The number of benzene rings is 4. The third-order valence-corrected chi connectivity index (χ3v) is 15.1. The van der Waals surface area contributed by atoms with Crippen LogP contribution >= 0.6 is 7.26 Å². The van der Waals surface area contributed by atoms with Gasteiger partial charge in [0.1, 0.15) is 40.3 Å². The molecule has 0 bridgehead atoms. The van der Waals surface area contributed by atoms with Crippen LogP contribution in [-0.2, 0) is 16.0 Å². The summed E-state index contributed by atoms with van der Waals surface area (Å²) in [6.45, 7) is 8.15. The first-order valence-corrected chi connectivity index (χ1v) is 20.4. The Morgan fingerprint density at radius 3 is 1.72 bits per heavy atom. The number of carboxylic acids is 1. The van der Waals surface area contributed by atoms with Crippen molar-refractivity contribution in [1.29, 1.82) is 0 Å². The van der Waals surface area contributed by atoms with E-state index in [2.05, 4.69) is 97.9 Å². The van der Waals surface area contributed by atoms with Crippen molar-refractivity contribution in [2.45, 2.75) is 110 Å². The number of carbonyl (C=O) groups is 2. The van der Waals surface area contributed by atoms with Gasteiger partial charge in [-0.1, -0.05) is 80.3 Å². The molecular weight excluding hydrogens is 639 g/mol. The lowest BCUT2D eigenvalue weighted by Crippen LogP contribution is -2.37. The first-order valence-electron chi connectivity index (χ1n) is 18.4. The van der Waals surface area contributed by atoms with Crippen LogP contribution in [0.4, 0.5) is 0 Å². The van der Waals surface area contributed by atoms with Crippen LogP contribution in [0.3, 0.4) is 0 Å². The molecule has 0 saturated heterocycles. The van der Waals surface area contributed by atoms with E-state index in [4.69, 9.17) is 9.47 Å². The second kappa shape index (κ2) is 17.3. The molecule has 50 heavy (non-hydrogen) atoms. The van der Waals surface area contributed by atoms with Gasteiger partial charge in [0.05, 0.1) is 12.6 Å². The highest BCUT2D eigenvalue weighted by atomic mass is 31.2. The fourth-order valence-corrected chi connectivity index (χ4v) is 12.0. The van der Waals surface area contributed by atoms with E-state index in [-0.39, 0.29) is 18.4 Å². The Labute approximate surface area is 299 Å². The van der Waals surface area contributed by atoms with E-state index in [0.29, 0.717) is 5.75 Å². The molecule has 1 aliphatic heterocycles. The van der Waals surface area contributed by atoms with Gasteiger partial charge in [-0.25, -0.2) is 0 Å². The zero-order chi connectivity index (χ0) is 35.6. The van der Waals surface area contributed by atoms with Crippen LogP contribution in [0.1, 0.15) is 99.8 Å². The Morgan fingerprint density at radius 2 is 1.20 bits per heavy atom. The van der Waals surface area contributed by atoms with Crippen molar-refractivity contribution >= 4 is 35.1 Å². The molecule has 0 radical (unpaired) electrons. The quantitative estimate of drug-likeness (QED) is 0.0482. The molecular formula is C44H53O5P. The minimum atomic E-state index is -1.75. The maximum absolute atomic E-state index is 12.3. The summed E-state index contributed by atoms with van der Waals surface area (Å²) < 4.78 is 12.4. The number of carbonyl (C=O) groups excluding carboxylic acids is 2. The number of fused-ring (bicyclic) bond motifs is 1. The molecule has 0 fully saturated rings. The van der Waals surface area contributed by atoms with E-state index in [9.17, 15) is 14.7 Å². The van der Waals surface area contributed by atoms with Crippen LogP contribution in [0.25, 0.3) is 0 Å². The van der Waals surface area contributed by atoms with Crippen LogP contribution in [0.5, 0.6) is 11.5 Å². The zero-order valence-electron chi connectivity index (χ0n) is 30.3. The third kappa shape index (κ3) is 8.85. The summed E-state index contributed by atoms with van der Waals surface area (Å²) in [6.07, 6.45) is 12.0. The average Bonchev–Trinajstić information content (AvgIpc) is 3.13. The van der Waals surface area contributed by atoms with Crippen molar-refractivity contribution in [2.24, 2.45) is 0 Å². The average molecular weight is 693 g/mol. The Kier molecular flexibility index (Phi) is 12.9. The van der Waals surface area contributed by atoms with Crippen LogP contribution in [0.15, 0.2) is 91.0 Å². The van der Waals surface area contributed by atoms with Crippen molar-refractivity contribution < 1.29 is 24.2 Å². The molecule has 4 aromatic rings. The van der Waals surface area contributed by atoms with E-state index in [0.717, 1.165) is 53.7 Å². The fraction of sp³-hybridized carbons (Fsp3) is 0.409. The number of carboxylic acid groups (broad SMARTS) is 1. The molecule has 5 rings (SSSR count). The standard InChI is InChI=1S/C44H53O5P/c1-33-34(2)43-39(35(3)42(33)48-41(47)28-27-40(45)46)29-31-44(4,49-43)30-19-8-6-5-7-9-20-32-50(36-21-13-10-14-22-36,37-23-15-11-16-24-37)38-25-17-12-18-26-38/h10-18,21-26H,5-9,19-20,27-32H2,1-4H3. The lowest BCUT2D eigenvalue weighted by atomic mass is 9.84. The second-order valence-electron chi connectivity index (χ2n) is 14.2. The van der Waals surface area contributed by atoms with E-state index in [1.54, 1.807) is 0 Å². The van der Waals surface area contributed by atoms with E-state index < -0.39 is 19.2 Å². The normalized spacial score (nSPS) is 15.6. The molecule has 1 aliphatic rings. The Hall–Kier alpha value is -3.95. The van der Waals surface area contributed by atoms with Gasteiger partial charge >= 0.3 is 5.97 Å². The molecule has 264 valence electrons. The van der Waals surface area contributed by atoms with Gasteiger partial charge in [0.15, 0.2) is 0 Å². The summed E-state index contributed by atoms with van der Waals surface area (Å²) in [7, 11) is -1.75. The number of ether oxygens (including phenoxy) is 2. The largest absolute Gasteiger partial charge is 0.550 e. The first kappa shape index (κ1) is 37.3. The molecule has 1 heterocycles. The summed E-state index contributed by atoms with van der Waals surface area (Å²) in [4.78, 5) is 23.1. The van der Waals surface area contributed by atoms with Crippen molar-refractivity contribution in [3.63, 3.8) is 0 Å². The van der Waals surface area contributed by atoms with Crippen molar-refractivity contribution in [1.82, 2.24) is 0 Å². The SMILES string of the molecule is Cc1c(C)c2c(c(C)c1OC(=O)CCC(=O)[O-])CCC(C)(CCCCCCCCC[P+](c1ccccc1)(c1ccccc1)c1ccccc1)O2. The highest BCUT2D eigenvalue weighted by Gasteiger charge is 2.44. The number of unbranched alkanes of at least 4 members (excludes halogenated alkanes) is 6. The van der Waals surface area contributed by atoms with E-state index >= 15 is 0 Å². The lowest BCUT2D eigenvalue weighted by Gasteiger charge is -2.38. The molecule has 5 nitrogen and oxygen atoms in total. The number of hydrogen-bond donors (Lipinski definition) is 0. The first-order chi connectivity index (χ1) is 24.1. The van der Waals surface area contributed by atoms with Crippen molar-refractivity contribution in [3.05, 3.63) is 113 Å². The van der Waals surface area contributed by atoms with Gasteiger partial charge in [0.2, 0.25) is 0 Å². The number of hydrogen-bond acceptors (Lipinski definition) is 5. The van der Waals surface area contributed by atoms with Gasteiger partial charge in [-0.3, -0.25) is 4.79 Å². The van der Waals surface area contributed by atoms with Gasteiger partial charge in [-0.2, -0.15) is 0 Å². The number of aliphatic carboxylic acids is 1. The van der Waals surface area contributed by atoms with Crippen LogP contribution in [-0.4, -0.2) is 23.7 Å². The lowest BCUT2D eigenvalue weighted by molar-refractivity contribution is -0.305. The Morgan fingerprint density at radius 1 is 0.700 bits per heavy atom. The van der Waals surface area contributed by atoms with Gasteiger partial charge < -0.3 is 19.4 Å². The summed E-state index contributed by atoms with van der Waals surface area (Å²) in [5.74, 6) is -0.356. The molecule has 1 unspecified atom stereocenters. The van der Waals surface area contributed by atoms with Gasteiger partial charge in [-0.15, -0.1) is 0 Å². The minimum Gasteiger partial charge on any atom is -0.550 e. The topological polar surface area (TPSA) is 75.7 Å². The van der Waals surface area contributed by atoms with Gasteiger partial charge in [0.25, 0.3) is 0 Å². The molecule has 0 saturated carbocycles. The van der Waals surface area contributed by atoms with E-state index in [1.165, 1.54) is 60.6 Å². The van der Waals surface area contributed by atoms with Crippen molar-refractivity contribution in [3.8, 4) is 11.5 Å². The molecule has 6 heteroatoms. The summed E-state index contributed by atoms with van der Waals surface area (Å²) in [5, 5.41) is 15.2. The number of rotatable bonds is 17. The fourth-order valence-electron chi connectivity index (χ4n) is 7.59. The molecule has 0 aliphatic carbocycles. The zero-order valence-corrected chi connectivity index (χ0v) is 31.2. The van der Waals surface area contributed by atoms with Crippen LogP contribution in [0, 0.1) is 20.8 Å². The molecule has 0 spiro atoms. The van der Waals surface area contributed by atoms with Crippen LogP contribution < -0.4 is 30.5 Å². The Bertz CT molecular complexity index is 1620. The van der Waals surface area contributed by atoms with Gasteiger partial charge in [-0.05, 0) is 126 Å². The monoisotopic (exact) mass is 692 g/mol. The third-order valence-electron chi connectivity index (χ3n) is 10.6. The smallest absolute Gasteiger partial charge is 0.311 e. The summed E-state index contributed by atoms with van der Waals surface area (Å²) in [6, 6.07) is 33.6. The summed E-state index contributed by atoms with van der Waals surface area (Å²) >= 11 is 0. The predicted molar refractivity (Wildman–Crippen MR) is 205 cm³/mol. The number of esters is 1. The molecule has 0 N–H and O–H groups in total. The highest BCUT2D eigenvalue weighted by Crippen LogP contribution is 2.56. The Balaban J connectivity index is 1.11. The molecule has 0 amide bonds. The predicted octanol–water partition coefficient (Wildman–Crippen LogP) is 8.25. The molecule has 0 aromatic heterocycles. The van der Waals surface area contributed by atoms with Gasteiger partial charge in [0, 0.05) is 11.5 Å². The molecule has 1 atom stereocenters. The second-order valence-corrected chi connectivity index (χ2v) is 17.8. The van der Waals surface area contributed by atoms with E-state index in [1.807, 2.05) is 20.8 Å². The van der Waals surface area contributed by atoms with Crippen molar-refractivity contribution in [2.75, 3.05) is 6.16 Å². The minimum absolute atomic E-state index is 0.204. The summed E-state index contributed by atoms with van der Waals surface area (Å²) in [5.41, 5.74) is 3.62. The van der Waals surface area contributed by atoms with Crippen LogP contribution in [0.2, 0.25) is 0 Å². The maximum Gasteiger partial charge on any atom is 0.311 e. The highest BCUT2D eigenvalue weighted by molar-refractivity contribution is 7.95.